The highest BCUT2D eigenvalue weighted by atomic mass is 127. The normalized spacial score (nSPS) is 13.0. The van der Waals surface area contributed by atoms with E-state index in [2.05, 4.69) is 53.8 Å². The molecule has 1 aromatic rings. The van der Waals surface area contributed by atoms with Gasteiger partial charge in [-0.05, 0) is 12.5 Å². The second kappa shape index (κ2) is 4.31. The lowest BCUT2D eigenvalue weighted by Crippen LogP contribution is -1.90. The zero-order valence-corrected chi connectivity index (χ0v) is 9.26. The summed E-state index contributed by atoms with van der Waals surface area (Å²) >= 11 is 8.33. The Balaban J connectivity index is 2.81. The lowest BCUT2D eigenvalue weighted by molar-refractivity contribution is 1.12. The fraction of sp³-hybridized carbons (Fsp3) is 0.333. The van der Waals surface area contributed by atoms with E-state index >= 15 is 0 Å². The zero-order chi connectivity index (χ0) is 8.27. The van der Waals surface area contributed by atoms with Crippen LogP contribution in [-0.4, -0.2) is 4.43 Å². The molecule has 1 atom stereocenters. The molecule has 1 rings (SSSR count). The molecule has 0 aliphatic heterocycles. The lowest BCUT2D eigenvalue weighted by atomic mass is 10.1. The van der Waals surface area contributed by atoms with Crippen molar-refractivity contribution in [3.8, 4) is 0 Å². The molecule has 0 spiro atoms. The first-order valence-electron chi connectivity index (χ1n) is 3.50. The summed E-state index contributed by atoms with van der Waals surface area (Å²) in [6.07, 6.45) is 0. The van der Waals surface area contributed by atoms with E-state index in [0.29, 0.717) is 0 Å². The van der Waals surface area contributed by atoms with Crippen molar-refractivity contribution in [2.45, 2.75) is 12.3 Å². The fourth-order valence-corrected chi connectivity index (χ4v) is 1.52. The van der Waals surface area contributed by atoms with E-state index in [1.807, 2.05) is 0 Å². The summed E-state index contributed by atoms with van der Waals surface area (Å²) in [5.41, 5.74) is 2.50. The number of hydrogen-bond donors (Lipinski definition) is 0. The topological polar surface area (TPSA) is 0 Å². The molecule has 1 unspecified atom stereocenters. The summed E-state index contributed by atoms with van der Waals surface area (Å²) in [7, 11) is 0. The summed E-state index contributed by atoms with van der Waals surface area (Å²) in [4.78, 5) is 0. The molecule has 0 saturated carbocycles. The molecule has 0 saturated heterocycles. The van der Waals surface area contributed by atoms with E-state index < -0.39 is 0 Å². The summed E-state index contributed by atoms with van der Waals surface area (Å²) in [5.74, 6) is 0. The number of benzene rings is 1. The van der Waals surface area contributed by atoms with Crippen LogP contribution in [0.2, 0.25) is 0 Å². The van der Waals surface area contributed by atoms with Gasteiger partial charge in [0.2, 0.25) is 0 Å². The minimum atomic E-state index is 0.163. The van der Waals surface area contributed by atoms with E-state index in [4.69, 9.17) is 11.6 Å². The first-order chi connectivity index (χ1) is 5.24. The van der Waals surface area contributed by atoms with E-state index in [-0.39, 0.29) is 5.38 Å². The Hall–Kier alpha value is 0.240. The zero-order valence-electron chi connectivity index (χ0n) is 6.35. The van der Waals surface area contributed by atoms with Crippen molar-refractivity contribution in [1.29, 1.82) is 0 Å². The van der Waals surface area contributed by atoms with Crippen LogP contribution in [0.1, 0.15) is 16.5 Å². The quantitative estimate of drug-likeness (QED) is 0.572. The van der Waals surface area contributed by atoms with Gasteiger partial charge in [-0.2, -0.15) is 0 Å². The van der Waals surface area contributed by atoms with Gasteiger partial charge in [-0.15, -0.1) is 11.6 Å². The van der Waals surface area contributed by atoms with Gasteiger partial charge in [0.15, 0.2) is 0 Å². The van der Waals surface area contributed by atoms with Crippen molar-refractivity contribution in [3.63, 3.8) is 0 Å². The molecule has 0 bridgehead atoms. The van der Waals surface area contributed by atoms with Gasteiger partial charge in [-0.25, -0.2) is 0 Å². The van der Waals surface area contributed by atoms with Gasteiger partial charge in [0, 0.05) is 4.43 Å². The summed E-state index contributed by atoms with van der Waals surface area (Å²) in [6.45, 7) is 2.08. The van der Waals surface area contributed by atoms with Crippen LogP contribution >= 0.6 is 34.2 Å². The van der Waals surface area contributed by atoms with Gasteiger partial charge in [0.05, 0.1) is 5.38 Å². The Labute approximate surface area is 86.1 Å². The minimum absolute atomic E-state index is 0.163. The standard InChI is InChI=1S/C9H10ClI/c1-7-2-4-8(5-3-7)9(10)6-11/h2-5,9H,6H2,1H3. The highest BCUT2D eigenvalue weighted by Gasteiger charge is 2.03. The molecule has 0 N–H and O–H groups in total. The smallest absolute Gasteiger partial charge is 0.0674 e. The number of hydrogen-bond acceptors (Lipinski definition) is 0. The molecular formula is C9H10ClI. The maximum absolute atomic E-state index is 6.04. The molecule has 11 heavy (non-hydrogen) atoms. The van der Waals surface area contributed by atoms with Crippen molar-refractivity contribution in [2.24, 2.45) is 0 Å². The van der Waals surface area contributed by atoms with Crippen molar-refractivity contribution < 1.29 is 0 Å². The van der Waals surface area contributed by atoms with Crippen molar-refractivity contribution in [3.05, 3.63) is 35.4 Å². The first kappa shape index (κ1) is 9.33. The molecule has 0 aliphatic carbocycles. The van der Waals surface area contributed by atoms with Gasteiger partial charge < -0.3 is 0 Å². The molecule has 0 aliphatic rings. The third kappa shape index (κ3) is 2.64. The SMILES string of the molecule is Cc1ccc(C(Cl)CI)cc1. The number of aryl methyl sites for hydroxylation is 1. The maximum Gasteiger partial charge on any atom is 0.0674 e. The monoisotopic (exact) mass is 280 g/mol. The molecular weight excluding hydrogens is 270 g/mol. The van der Waals surface area contributed by atoms with E-state index in [1.165, 1.54) is 11.1 Å². The van der Waals surface area contributed by atoms with E-state index in [0.717, 1.165) is 4.43 Å². The molecule has 0 aromatic heterocycles. The Kier molecular flexibility index (Phi) is 3.66. The van der Waals surface area contributed by atoms with Crippen LogP contribution in [-0.2, 0) is 0 Å². The fourth-order valence-electron chi connectivity index (χ4n) is 0.864. The second-order valence-electron chi connectivity index (χ2n) is 2.53. The lowest BCUT2D eigenvalue weighted by Gasteiger charge is -2.04. The molecule has 0 nitrogen and oxygen atoms in total. The Bertz CT molecular complexity index is 218. The summed E-state index contributed by atoms with van der Waals surface area (Å²) in [6, 6.07) is 8.37. The van der Waals surface area contributed by atoms with Gasteiger partial charge in [0.25, 0.3) is 0 Å². The highest BCUT2D eigenvalue weighted by molar-refractivity contribution is 14.1. The van der Waals surface area contributed by atoms with Crippen molar-refractivity contribution in [1.82, 2.24) is 0 Å². The first-order valence-corrected chi connectivity index (χ1v) is 5.47. The third-order valence-electron chi connectivity index (χ3n) is 1.57. The van der Waals surface area contributed by atoms with Crippen molar-refractivity contribution in [2.75, 3.05) is 4.43 Å². The van der Waals surface area contributed by atoms with Crippen LogP contribution in [0.5, 0.6) is 0 Å². The Morgan fingerprint density at radius 3 is 2.36 bits per heavy atom. The van der Waals surface area contributed by atoms with Gasteiger partial charge in [-0.3, -0.25) is 0 Å². The predicted molar refractivity (Wildman–Crippen MR) is 58.7 cm³/mol. The largest absolute Gasteiger partial charge is 0.117 e. The van der Waals surface area contributed by atoms with Crippen LogP contribution < -0.4 is 0 Å². The molecule has 0 heterocycles. The number of rotatable bonds is 2. The predicted octanol–water partition coefficient (Wildman–Crippen LogP) is 3.71. The Morgan fingerprint density at radius 2 is 1.91 bits per heavy atom. The van der Waals surface area contributed by atoms with Crippen LogP contribution in [0.25, 0.3) is 0 Å². The van der Waals surface area contributed by atoms with Crippen molar-refractivity contribution >= 4 is 34.2 Å². The van der Waals surface area contributed by atoms with Crippen LogP contribution in [0.3, 0.4) is 0 Å². The molecule has 0 amide bonds. The summed E-state index contributed by atoms with van der Waals surface area (Å²) in [5, 5.41) is 0.163. The highest BCUT2D eigenvalue weighted by Crippen LogP contribution is 2.22. The summed E-state index contributed by atoms with van der Waals surface area (Å²) < 4.78 is 0.961. The minimum Gasteiger partial charge on any atom is -0.117 e. The number of alkyl halides is 2. The van der Waals surface area contributed by atoms with Crippen LogP contribution in [0, 0.1) is 6.92 Å². The molecule has 0 fully saturated rings. The molecule has 1 aromatic carbocycles. The van der Waals surface area contributed by atoms with Crippen LogP contribution in [0.15, 0.2) is 24.3 Å². The average Bonchev–Trinajstić information content (AvgIpc) is 2.05. The maximum atomic E-state index is 6.04. The van der Waals surface area contributed by atoms with Gasteiger partial charge >= 0.3 is 0 Å². The Morgan fingerprint density at radius 1 is 1.36 bits per heavy atom. The number of halogens is 2. The second-order valence-corrected chi connectivity index (χ2v) is 3.94. The molecule has 2 heteroatoms. The molecule has 60 valence electrons. The van der Waals surface area contributed by atoms with E-state index in [1.54, 1.807) is 0 Å². The van der Waals surface area contributed by atoms with Crippen LogP contribution in [0.4, 0.5) is 0 Å². The third-order valence-corrected chi connectivity index (χ3v) is 3.38. The van der Waals surface area contributed by atoms with Gasteiger partial charge in [-0.1, -0.05) is 52.4 Å². The molecule has 0 radical (unpaired) electrons. The van der Waals surface area contributed by atoms with Gasteiger partial charge in [0.1, 0.15) is 0 Å². The van der Waals surface area contributed by atoms with E-state index in [9.17, 15) is 0 Å². The average molecular weight is 281 g/mol.